The maximum Gasteiger partial charge on any atom is 0.303 e. The number of esters is 1. The molecule has 2 aliphatic rings. The summed E-state index contributed by atoms with van der Waals surface area (Å²) in [4.78, 5) is 11.0. The van der Waals surface area contributed by atoms with E-state index >= 15 is 0 Å². The van der Waals surface area contributed by atoms with E-state index in [9.17, 15) is 4.79 Å². The molecule has 2 heteroatoms. The Morgan fingerprint density at radius 3 is 2.93 bits per heavy atom. The van der Waals surface area contributed by atoms with Crippen LogP contribution in [0.3, 0.4) is 0 Å². The molecule has 0 amide bonds. The van der Waals surface area contributed by atoms with Gasteiger partial charge in [-0.2, -0.15) is 0 Å². The molecule has 0 radical (unpaired) electrons. The zero-order valence-electron chi connectivity index (χ0n) is 9.45. The zero-order valence-corrected chi connectivity index (χ0v) is 9.45. The summed E-state index contributed by atoms with van der Waals surface area (Å²) < 4.78 is 5.36. The van der Waals surface area contributed by atoms with Gasteiger partial charge >= 0.3 is 5.97 Å². The van der Waals surface area contributed by atoms with Crippen molar-refractivity contribution in [3.8, 4) is 0 Å². The predicted octanol–water partition coefficient (Wildman–Crippen LogP) is 2.99. The van der Waals surface area contributed by atoms with Crippen LogP contribution < -0.4 is 0 Å². The van der Waals surface area contributed by atoms with Gasteiger partial charge in [-0.3, -0.25) is 4.79 Å². The van der Waals surface area contributed by atoms with Crippen LogP contribution in [-0.4, -0.2) is 12.1 Å². The van der Waals surface area contributed by atoms with Crippen LogP contribution in [0.1, 0.15) is 39.5 Å². The van der Waals surface area contributed by atoms with Gasteiger partial charge in [0, 0.05) is 6.92 Å². The Hall–Kier alpha value is -1.05. The molecule has 2 aliphatic carbocycles. The van der Waals surface area contributed by atoms with Gasteiger partial charge in [0.15, 0.2) is 0 Å². The summed E-state index contributed by atoms with van der Waals surface area (Å²) in [5.74, 6) is 0.459. The van der Waals surface area contributed by atoms with E-state index in [0.717, 1.165) is 12.8 Å². The largest absolute Gasteiger partial charge is 0.458 e. The predicted molar refractivity (Wildman–Crippen MR) is 59.4 cm³/mol. The first-order chi connectivity index (χ1) is 7.16. The number of fused-ring (bicyclic) bond motifs is 1. The first-order valence-corrected chi connectivity index (χ1v) is 5.71. The van der Waals surface area contributed by atoms with Crippen LogP contribution in [-0.2, 0) is 9.53 Å². The number of allylic oxidation sites excluding steroid dienone is 3. The molecule has 2 rings (SSSR count). The molecule has 15 heavy (non-hydrogen) atoms. The average Bonchev–Trinajstić information content (AvgIpc) is 2.16. The number of carbonyl (C=O) groups excluding carboxylic acids is 1. The monoisotopic (exact) mass is 206 g/mol. The first-order valence-electron chi connectivity index (χ1n) is 5.71. The molecule has 1 fully saturated rings. The fraction of sp³-hybridized carbons (Fsp3) is 0.615. The number of hydrogen-bond acceptors (Lipinski definition) is 2. The summed E-state index contributed by atoms with van der Waals surface area (Å²) in [6.45, 7) is 3.66. The lowest BCUT2D eigenvalue weighted by Gasteiger charge is -2.34. The summed E-state index contributed by atoms with van der Waals surface area (Å²) in [6, 6.07) is 0. The highest BCUT2D eigenvalue weighted by molar-refractivity contribution is 5.66. The van der Waals surface area contributed by atoms with Crippen molar-refractivity contribution >= 4 is 5.97 Å². The zero-order chi connectivity index (χ0) is 10.8. The molecule has 0 bridgehead atoms. The fourth-order valence-corrected chi connectivity index (χ4v) is 2.63. The van der Waals surface area contributed by atoms with Gasteiger partial charge in [-0.25, -0.2) is 0 Å². The van der Waals surface area contributed by atoms with Crippen LogP contribution >= 0.6 is 0 Å². The molecule has 82 valence electrons. The highest BCUT2D eigenvalue weighted by Crippen LogP contribution is 2.38. The van der Waals surface area contributed by atoms with Crippen molar-refractivity contribution in [2.45, 2.75) is 45.6 Å². The summed E-state index contributed by atoms with van der Waals surface area (Å²) in [5, 5.41) is 0. The summed E-state index contributed by atoms with van der Waals surface area (Å²) in [7, 11) is 0. The van der Waals surface area contributed by atoms with Crippen LogP contribution in [0.2, 0.25) is 0 Å². The molecule has 0 aliphatic heterocycles. The summed E-state index contributed by atoms with van der Waals surface area (Å²) >= 11 is 0. The normalized spacial score (nSPS) is 30.0. The minimum absolute atomic E-state index is 0.0469. The van der Waals surface area contributed by atoms with Crippen LogP contribution in [0.15, 0.2) is 23.3 Å². The summed E-state index contributed by atoms with van der Waals surface area (Å²) in [5.41, 5.74) is 2.77. The van der Waals surface area contributed by atoms with Crippen LogP contribution in [0.5, 0.6) is 0 Å². The van der Waals surface area contributed by atoms with Gasteiger partial charge in [0.1, 0.15) is 6.10 Å². The molecule has 0 aromatic carbocycles. The lowest BCUT2D eigenvalue weighted by atomic mass is 9.76. The van der Waals surface area contributed by atoms with E-state index in [1.807, 2.05) is 0 Å². The van der Waals surface area contributed by atoms with E-state index < -0.39 is 0 Å². The Bertz CT molecular complexity index is 325. The fourth-order valence-electron chi connectivity index (χ4n) is 2.63. The summed E-state index contributed by atoms with van der Waals surface area (Å²) in [6.07, 6.45) is 8.93. The van der Waals surface area contributed by atoms with Crippen molar-refractivity contribution in [2.24, 2.45) is 5.92 Å². The van der Waals surface area contributed by atoms with Crippen LogP contribution in [0.4, 0.5) is 0 Å². The standard InChI is InChI=1S/C13H18O2/c1-9-6-7-12-11(8-9)4-3-5-13(12)15-10(2)14/h6-7,11,13H,3-5,8H2,1-2H3. The Balaban J connectivity index is 2.15. The molecule has 2 atom stereocenters. The Morgan fingerprint density at radius 1 is 1.40 bits per heavy atom. The van der Waals surface area contributed by atoms with E-state index in [1.165, 1.54) is 30.9 Å². The number of hydrogen-bond donors (Lipinski definition) is 0. The molecule has 0 aromatic heterocycles. The third-order valence-electron chi connectivity index (χ3n) is 3.30. The third-order valence-corrected chi connectivity index (χ3v) is 3.30. The minimum atomic E-state index is -0.159. The van der Waals surface area contributed by atoms with Gasteiger partial charge in [-0.15, -0.1) is 0 Å². The Kier molecular flexibility index (Phi) is 2.94. The maximum absolute atomic E-state index is 11.0. The molecule has 0 saturated heterocycles. The molecular formula is C13H18O2. The van der Waals surface area contributed by atoms with Gasteiger partial charge in [0.2, 0.25) is 0 Å². The number of rotatable bonds is 1. The molecule has 2 unspecified atom stereocenters. The quantitative estimate of drug-likeness (QED) is 0.616. The van der Waals surface area contributed by atoms with Gasteiger partial charge in [-0.05, 0) is 44.1 Å². The lowest BCUT2D eigenvalue weighted by molar-refractivity contribution is -0.145. The molecule has 2 nitrogen and oxygen atoms in total. The number of carbonyl (C=O) groups is 1. The smallest absolute Gasteiger partial charge is 0.303 e. The second kappa shape index (κ2) is 4.21. The van der Waals surface area contributed by atoms with Crippen molar-refractivity contribution in [1.29, 1.82) is 0 Å². The van der Waals surface area contributed by atoms with E-state index in [0.29, 0.717) is 5.92 Å². The van der Waals surface area contributed by atoms with Crippen molar-refractivity contribution in [1.82, 2.24) is 0 Å². The maximum atomic E-state index is 11.0. The van der Waals surface area contributed by atoms with Crippen molar-refractivity contribution in [2.75, 3.05) is 0 Å². The van der Waals surface area contributed by atoms with Crippen molar-refractivity contribution in [3.05, 3.63) is 23.3 Å². The molecule has 0 N–H and O–H groups in total. The third kappa shape index (κ3) is 2.31. The van der Waals surface area contributed by atoms with Gasteiger partial charge in [0.05, 0.1) is 0 Å². The number of ether oxygens (including phenoxy) is 1. The van der Waals surface area contributed by atoms with Gasteiger partial charge in [0.25, 0.3) is 0 Å². The first kappa shape index (κ1) is 10.5. The molecular weight excluding hydrogens is 188 g/mol. The van der Waals surface area contributed by atoms with E-state index in [1.54, 1.807) is 0 Å². The van der Waals surface area contributed by atoms with Crippen LogP contribution in [0.25, 0.3) is 0 Å². The van der Waals surface area contributed by atoms with Gasteiger partial charge in [-0.1, -0.05) is 17.7 Å². The van der Waals surface area contributed by atoms with Gasteiger partial charge < -0.3 is 4.74 Å². The Morgan fingerprint density at radius 2 is 2.20 bits per heavy atom. The topological polar surface area (TPSA) is 26.3 Å². The van der Waals surface area contributed by atoms with E-state index in [4.69, 9.17) is 4.74 Å². The molecule has 0 heterocycles. The molecule has 0 aromatic rings. The Labute approximate surface area is 91.0 Å². The van der Waals surface area contributed by atoms with Crippen molar-refractivity contribution in [3.63, 3.8) is 0 Å². The second-order valence-electron chi connectivity index (χ2n) is 4.61. The van der Waals surface area contributed by atoms with Crippen LogP contribution in [0, 0.1) is 5.92 Å². The average molecular weight is 206 g/mol. The van der Waals surface area contributed by atoms with E-state index in [-0.39, 0.29) is 12.1 Å². The highest BCUT2D eigenvalue weighted by atomic mass is 16.5. The SMILES string of the molecule is CC(=O)OC1CCCC2CC(C)=CC=C21. The highest BCUT2D eigenvalue weighted by Gasteiger charge is 2.30. The molecule has 0 spiro atoms. The second-order valence-corrected chi connectivity index (χ2v) is 4.61. The van der Waals surface area contributed by atoms with Crippen molar-refractivity contribution < 1.29 is 9.53 Å². The lowest BCUT2D eigenvalue weighted by Crippen LogP contribution is -2.29. The van der Waals surface area contributed by atoms with E-state index in [2.05, 4.69) is 19.1 Å². The minimum Gasteiger partial charge on any atom is -0.458 e. The molecule has 1 saturated carbocycles.